The minimum atomic E-state index is -0.379. The lowest BCUT2D eigenvalue weighted by molar-refractivity contribution is -0.159. The van der Waals surface area contributed by atoms with E-state index in [0.29, 0.717) is 12.0 Å². The molecule has 1 atom stereocenters. The number of nitrogens with zero attached hydrogens (tertiary/aromatic N) is 1. The fourth-order valence-electron chi connectivity index (χ4n) is 3.84. The highest BCUT2D eigenvalue weighted by atomic mass is 16.5. The van der Waals surface area contributed by atoms with Crippen LogP contribution in [0.2, 0.25) is 0 Å². The smallest absolute Gasteiger partial charge is 0.326 e. The van der Waals surface area contributed by atoms with Gasteiger partial charge in [-0.15, -0.1) is 0 Å². The quantitative estimate of drug-likeness (QED) is 0.642. The van der Waals surface area contributed by atoms with Gasteiger partial charge in [0.15, 0.2) is 0 Å². The molecule has 1 aliphatic carbocycles. The summed E-state index contributed by atoms with van der Waals surface area (Å²) in [5, 5.41) is 3.44. The first-order valence-electron chi connectivity index (χ1n) is 8.63. The van der Waals surface area contributed by atoms with Gasteiger partial charge in [-0.05, 0) is 51.0 Å². The summed E-state index contributed by atoms with van der Waals surface area (Å²) in [4.78, 5) is 15.2. The lowest BCUT2D eigenvalue weighted by Crippen LogP contribution is -2.56. The second-order valence-corrected chi connectivity index (χ2v) is 7.36. The van der Waals surface area contributed by atoms with Crippen LogP contribution in [0.25, 0.3) is 0 Å². The van der Waals surface area contributed by atoms with Gasteiger partial charge in [0.25, 0.3) is 0 Å². The molecule has 0 spiro atoms. The van der Waals surface area contributed by atoms with Crippen LogP contribution in [0.5, 0.6) is 0 Å². The van der Waals surface area contributed by atoms with Gasteiger partial charge in [0, 0.05) is 19.6 Å². The molecule has 0 aromatic heterocycles. The summed E-state index contributed by atoms with van der Waals surface area (Å²) in [6.45, 7) is 11.1. The largest absolute Gasteiger partial charge is 0.465 e. The summed E-state index contributed by atoms with van der Waals surface area (Å²) < 4.78 is 5.50. The third-order valence-electron chi connectivity index (χ3n) is 5.26. The molecule has 1 saturated carbocycles. The van der Waals surface area contributed by atoms with Crippen molar-refractivity contribution in [3.05, 3.63) is 0 Å². The molecular formula is C17H32N2O2. The molecule has 4 nitrogen and oxygen atoms in total. The summed E-state index contributed by atoms with van der Waals surface area (Å²) in [7, 11) is 0. The van der Waals surface area contributed by atoms with Crippen molar-refractivity contribution in [1.82, 2.24) is 10.2 Å². The highest BCUT2D eigenvalue weighted by Gasteiger charge is 2.47. The summed E-state index contributed by atoms with van der Waals surface area (Å²) >= 11 is 0. The summed E-state index contributed by atoms with van der Waals surface area (Å²) in [5.41, 5.74) is -0.0336. The number of carbonyl (C=O) groups is 1. The summed E-state index contributed by atoms with van der Waals surface area (Å²) in [6, 6.07) is 0. The topological polar surface area (TPSA) is 41.6 Å². The van der Waals surface area contributed by atoms with E-state index in [4.69, 9.17) is 4.74 Å². The normalized spacial score (nSPS) is 31.2. The second kappa shape index (κ2) is 7.10. The Kier molecular flexibility index (Phi) is 5.67. The second-order valence-electron chi connectivity index (χ2n) is 7.36. The number of ether oxygens (including phenoxy) is 1. The zero-order chi connectivity index (χ0) is 15.3. The minimum Gasteiger partial charge on any atom is -0.465 e. The molecule has 0 bridgehead atoms. The highest BCUT2D eigenvalue weighted by molar-refractivity contribution is 5.81. The van der Waals surface area contributed by atoms with E-state index in [-0.39, 0.29) is 11.5 Å². The maximum Gasteiger partial charge on any atom is 0.326 e. The van der Waals surface area contributed by atoms with E-state index in [0.717, 1.165) is 58.3 Å². The standard InChI is InChI=1S/C17H32N2O2/c1-4-21-15(20)17(19-13-6-11-18-12-14-19)8-5-7-16(2,3)9-10-17/h18H,4-14H2,1-3H3. The first-order valence-corrected chi connectivity index (χ1v) is 8.63. The molecule has 2 fully saturated rings. The predicted octanol–water partition coefficient (Wildman–Crippen LogP) is 2.57. The van der Waals surface area contributed by atoms with Crippen LogP contribution < -0.4 is 5.32 Å². The average Bonchev–Trinajstić information content (AvgIpc) is 2.79. The Morgan fingerprint density at radius 1 is 1.10 bits per heavy atom. The molecule has 1 unspecified atom stereocenters. The summed E-state index contributed by atoms with van der Waals surface area (Å²) in [6.07, 6.45) is 6.45. The van der Waals surface area contributed by atoms with Crippen LogP contribution in [0.4, 0.5) is 0 Å². The predicted molar refractivity (Wildman–Crippen MR) is 85.3 cm³/mol. The van der Waals surface area contributed by atoms with E-state index in [1.807, 2.05) is 6.92 Å². The lowest BCUT2D eigenvalue weighted by atomic mass is 9.82. The van der Waals surface area contributed by atoms with Crippen LogP contribution in [0.1, 0.15) is 59.3 Å². The van der Waals surface area contributed by atoms with Gasteiger partial charge in [-0.25, -0.2) is 0 Å². The van der Waals surface area contributed by atoms with Crippen LogP contribution in [0.3, 0.4) is 0 Å². The van der Waals surface area contributed by atoms with Crippen molar-refractivity contribution in [3.8, 4) is 0 Å². The molecular weight excluding hydrogens is 264 g/mol. The van der Waals surface area contributed by atoms with Crippen LogP contribution >= 0.6 is 0 Å². The molecule has 0 amide bonds. The van der Waals surface area contributed by atoms with E-state index in [1.54, 1.807) is 0 Å². The molecule has 2 aliphatic rings. The van der Waals surface area contributed by atoms with Gasteiger partial charge in [-0.2, -0.15) is 0 Å². The average molecular weight is 296 g/mol. The summed E-state index contributed by atoms with van der Waals surface area (Å²) in [5.74, 6) is 0.0181. The number of esters is 1. The molecule has 122 valence electrons. The van der Waals surface area contributed by atoms with Crippen LogP contribution in [-0.4, -0.2) is 49.2 Å². The van der Waals surface area contributed by atoms with Crippen LogP contribution in [0.15, 0.2) is 0 Å². The molecule has 0 aromatic carbocycles. The van der Waals surface area contributed by atoms with Gasteiger partial charge in [-0.3, -0.25) is 9.69 Å². The zero-order valence-electron chi connectivity index (χ0n) is 14.0. The van der Waals surface area contributed by atoms with Crippen molar-refractivity contribution >= 4 is 5.97 Å². The van der Waals surface area contributed by atoms with Gasteiger partial charge < -0.3 is 10.1 Å². The molecule has 0 radical (unpaired) electrons. The molecule has 1 N–H and O–H groups in total. The Morgan fingerprint density at radius 2 is 1.90 bits per heavy atom. The maximum absolute atomic E-state index is 12.8. The Balaban J connectivity index is 2.22. The van der Waals surface area contributed by atoms with Gasteiger partial charge in [0.1, 0.15) is 5.54 Å². The first kappa shape index (κ1) is 16.8. The fraction of sp³-hybridized carbons (Fsp3) is 0.941. The minimum absolute atomic E-state index is 0.0181. The lowest BCUT2D eigenvalue weighted by Gasteiger charge is -2.41. The van der Waals surface area contributed by atoms with E-state index in [2.05, 4.69) is 24.1 Å². The van der Waals surface area contributed by atoms with Crippen molar-refractivity contribution in [2.75, 3.05) is 32.8 Å². The molecule has 21 heavy (non-hydrogen) atoms. The molecule has 0 aromatic rings. The van der Waals surface area contributed by atoms with Crippen LogP contribution in [-0.2, 0) is 9.53 Å². The zero-order valence-corrected chi connectivity index (χ0v) is 14.0. The molecule has 1 aliphatic heterocycles. The first-order chi connectivity index (χ1) is 10.0. The fourth-order valence-corrected chi connectivity index (χ4v) is 3.84. The number of nitrogens with one attached hydrogen (secondary N) is 1. The van der Waals surface area contributed by atoms with Crippen molar-refractivity contribution in [1.29, 1.82) is 0 Å². The van der Waals surface area contributed by atoms with Gasteiger partial charge >= 0.3 is 5.97 Å². The molecule has 4 heteroatoms. The Labute approximate surface area is 129 Å². The molecule has 1 saturated heterocycles. The maximum atomic E-state index is 12.8. The molecule has 1 heterocycles. The van der Waals surface area contributed by atoms with E-state index >= 15 is 0 Å². The van der Waals surface area contributed by atoms with E-state index < -0.39 is 0 Å². The van der Waals surface area contributed by atoms with Crippen molar-refractivity contribution in [3.63, 3.8) is 0 Å². The van der Waals surface area contributed by atoms with Crippen molar-refractivity contribution < 1.29 is 9.53 Å². The molecule has 2 rings (SSSR count). The number of rotatable bonds is 3. The Hall–Kier alpha value is -0.610. The highest BCUT2D eigenvalue weighted by Crippen LogP contribution is 2.41. The van der Waals surface area contributed by atoms with Gasteiger partial charge in [0.2, 0.25) is 0 Å². The Morgan fingerprint density at radius 3 is 2.67 bits per heavy atom. The number of hydrogen-bond acceptors (Lipinski definition) is 4. The van der Waals surface area contributed by atoms with E-state index in [1.165, 1.54) is 6.42 Å². The Bertz CT molecular complexity index is 349. The van der Waals surface area contributed by atoms with Gasteiger partial charge in [0.05, 0.1) is 6.61 Å². The number of hydrogen-bond donors (Lipinski definition) is 1. The monoisotopic (exact) mass is 296 g/mol. The van der Waals surface area contributed by atoms with Crippen LogP contribution in [0, 0.1) is 5.41 Å². The van der Waals surface area contributed by atoms with Crippen molar-refractivity contribution in [2.45, 2.75) is 64.8 Å². The van der Waals surface area contributed by atoms with Gasteiger partial charge in [-0.1, -0.05) is 20.3 Å². The third kappa shape index (κ3) is 3.98. The SMILES string of the molecule is CCOC(=O)C1(N2CCCNCC2)CCCC(C)(C)CC1. The van der Waals surface area contributed by atoms with Crippen molar-refractivity contribution in [2.24, 2.45) is 5.41 Å². The number of carbonyl (C=O) groups excluding carboxylic acids is 1. The van der Waals surface area contributed by atoms with E-state index in [9.17, 15) is 4.79 Å². The third-order valence-corrected chi connectivity index (χ3v) is 5.26.